The van der Waals surface area contributed by atoms with E-state index >= 15 is 0 Å². The zero-order valence-corrected chi connectivity index (χ0v) is 9.09. The van der Waals surface area contributed by atoms with E-state index in [-0.39, 0.29) is 13.2 Å². The fourth-order valence-corrected chi connectivity index (χ4v) is 1.78. The lowest BCUT2D eigenvalue weighted by molar-refractivity contribution is -0.173. The second-order valence-electron chi connectivity index (χ2n) is 3.96. The number of hydrogen-bond donors (Lipinski definition) is 1. The van der Waals surface area contributed by atoms with Gasteiger partial charge >= 0.3 is 6.18 Å². The maximum atomic E-state index is 11.7. The number of halogens is 3. The molecule has 2 N–H and O–H groups in total. The Hall–Kier alpha value is -0.780. The molecule has 0 aromatic carbocycles. The van der Waals surface area contributed by atoms with Gasteiger partial charge in [0.15, 0.2) is 0 Å². The van der Waals surface area contributed by atoms with Gasteiger partial charge in [0.1, 0.15) is 6.61 Å². The summed E-state index contributed by atoms with van der Waals surface area (Å²) in [4.78, 5) is 4.03. The largest absolute Gasteiger partial charge is 0.411 e. The third-order valence-corrected chi connectivity index (χ3v) is 2.57. The third-order valence-electron chi connectivity index (χ3n) is 2.57. The number of rotatable bonds is 5. The molecule has 3 nitrogen and oxygen atoms in total. The van der Waals surface area contributed by atoms with Gasteiger partial charge in [-0.3, -0.25) is 4.99 Å². The van der Waals surface area contributed by atoms with Gasteiger partial charge in [0.05, 0.1) is 19.0 Å². The Kier molecular flexibility index (Phi) is 5.05. The zero-order valence-electron chi connectivity index (χ0n) is 9.09. The molecule has 1 saturated carbocycles. The van der Waals surface area contributed by atoms with Crippen molar-refractivity contribution in [3.63, 3.8) is 0 Å². The van der Waals surface area contributed by atoms with Crippen LogP contribution in [0.2, 0.25) is 0 Å². The lowest BCUT2D eigenvalue weighted by Crippen LogP contribution is -2.23. The third kappa shape index (κ3) is 5.34. The van der Waals surface area contributed by atoms with Gasteiger partial charge in [0, 0.05) is 5.92 Å². The van der Waals surface area contributed by atoms with E-state index in [4.69, 9.17) is 5.73 Å². The van der Waals surface area contributed by atoms with Crippen LogP contribution in [0.4, 0.5) is 13.2 Å². The Morgan fingerprint density at radius 3 is 2.50 bits per heavy atom. The molecule has 0 spiro atoms. The van der Waals surface area contributed by atoms with E-state index in [0.717, 1.165) is 25.7 Å². The van der Waals surface area contributed by atoms with Crippen LogP contribution in [-0.4, -0.2) is 31.8 Å². The molecule has 0 heterocycles. The monoisotopic (exact) mass is 238 g/mol. The zero-order chi connectivity index (χ0) is 12.0. The summed E-state index contributed by atoms with van der Waals surface area (Å²) >= 11 is 0. The minimum Gasteiger partial charge on any atom is -0.387 e. The predicted octanol–water partition coefficient (Wildman–Crippen LogP) is 2.11. The van der Waals surface area contributed by atoms with Crippen molar-refractivity contribution < 1.29 is 17.9 Å². The molecule has 0 unspecified atom stereocenters. The molecule has 1 aliphatic carbocycles. The Labute approximate surface area is 92.9 Å². The summed E-state index contributed by atoms with van der Waals surface area (Å²) in [6, 6.07) is 0. The number of hydrogen-bond acceptors (Lipinski definition) is 2. The summed E-state index contributed by atoms with van der Waals surface area (Å²) in [5.74, 6) is 0.885. The van der Waals surface area contributed by atoms with Gasteiger partial charge in [-0.25, -0.2) is 0 Å². The fraction of sp³-hybridized carbons (Fsp3) is 0.900. The number of aliphatic imine (C=N–C) groups is 1. The van der Waals surface area contributed by atoms with Crippen LogP contribution in [0.25, 0.3) is 0 Å². The molecule has 94 valence electrons. The van der Waals surface area contributed by atoms with E-state index in [0.29, 0.717) is 11.8 Å². The number of alkyl halides is 3. The van der Waals surface area contributed by atoms with E-state index in [9.17, 15) is 13.2 Å². The molecule has 1 rings (SSSR count). The summed E-state index contributed by atoms with van der Waals surface area (Å²) in [6.07, 6.45) is 0.134. The van der Waals surface area contributed by atoms with E-state index in [2.05, 4.69) is 9.73 Å². The maximum Gasteiger partial charge on any atom is 0.411 e. The summed E-state index contributed by atoms with van der Waals surface area (Å²) in [7, 11) is 0. The minimum atomic E-state index is -4.26. The van der Waals surface area contributed by atoms with Crippen molar-refractivity contribution in [2.45, 2.75) is 31.9 Å². The Morgan fingerprint density at radius 2 is 1.94 bits per heavy atom. The maximum absolute atomic E-state index is 11.7. The van der Waals surface area contributed by atoms with Crippen LogP contribution < -0.4 is 5.73 Å². The van der Waals surface area contributed by atoms with Crippen molar-refractivity contribution in [3.05, 3.63) is 0 Å². The van der Waals surface area contributed by atoms with Gasteiger partial charge in [-0.05, 0) is 12.8 Å². The van der Waals surface area contributed by atoms with Crippen LogP contribution in [0.5, 0.6) is 0 Å². The van der Waals surface area contributed by atoms with Gasteiger partial charge in [-0.1, -0.05) is 12.8 Å². The van der Waals surface area contributed by atoms with Gasteiger partial charge in [-0.15, -0.1) is 0 Å². The molecule has 0 bridgehead atoms. The SMILES string of the molecule is NC(=NCCOCC(F)(F)F)C1CCCC1. The van der Waals surface area contributed by atoms with Crippen LogP contribution in [0, 0.1) is 5.92 Å². The highest BCUT2D eigenvalue weighted by Crippen LogP contribution is 2.24. The lowest BCUT2D eigenvalue weighted by atomic mass is 10.1. The van der Waals surface area contributed by atoms with Crippen molar-refractivity contribution in [2.75, 3.05) is 19.8 Å². The summed E-state index contributed by atoms with van der Waals surface area (Å²) in [5, 5.41) is 0. The lowest BCUT2D eigenvalue weighted by Gasteiger charge is -2.09. The number of nitrogens with zero attached hydrogens (tertiary/aromatic N) is 1. The molecule has 16 heavy (non-hydrogen) atoms. The van der Waals surface area contributed by atoms with Crippen molar-refractivity contribution in [1.29, 1.82) is 0 Å². The van der Waals surface area contributed by atoms with Gasteiger partial charge in [0.25, 0.3) is 0 Å². The Balaban J connectivity index is 2.11. The van der Waals surface area contributed by atoms with Gasteiger partial charge in [-0.2, -0.15) is 13.2 Å². The molecule has 0 aliphatic heterocycles. The molecule has 0 atom stereocenters. The number of amidine groups is 1. The minimum absolute atomic E-state index is 0.0348. The van der Waals surface area contributed by atoms with Gasteiger partial charge in [0.2, 0.25) is 0 Å². The first-order valence-corrected chi connectivity index (χ1v) is 5.43. The molecule has 0 radical (unpaired) electrons. The highest BCUT2D eigenvalue weighted by atomic mass is 19.4. The van der Waals surface area contributed by atoms with Crippen LogP contribution in [0.15, 0.2) is 4.99 Å². The van der Waals surface area contributed by atoms with Crippen LogP contribution in [0.3, 0.4) is 0 Å². The Morgan fingerprint density at radius 1 is 1.31 bits per heavy atom. The quantitative estimate of drug-likeness (QED) is 0.453. The van der Waals surface area contributed by atoms with Crippen LogP contribution >= 0.6 is 0 Å². The van der Waals surface area contributed by atoms with E-state index in [1.54, 1.807) is 0 Å². The number of ether oxygens (including phenoxy) is 1. The summed E-state index contributed by atoms with van der Waals surface area (Å²) < 4.78 is 39.5. The molecule has 0 aromatic rings. The normalized spacial score (nSPS) is 19.3. The highest BCUT2D eigenvalue weighted by molar-refractivity contribution is 5.83. The van der Waals surface area contributed by atoms with Gasteiger partial charge < -0.3 is 10.5 Å². The molecular weight excluding hydrogens is 221 g/mol. The van der Waals surface area contributed by atoms with Crippen LogP contribution in [0.1, 0.15) is 25.7 Å². The standard InChI is InChI=1S/C10H17F3N2O/c11-10(12,13)7-16-6-5-15-9(14)8-3-1-2-4-8/h8H,1-7H2,(H2,14,15). The molecule has 0 amide bonds. The average molecular weight is 238 g/mol. The first-order valence-electron chi connectivity index (χ1n) is 5.43. The van der Waals surface area contributed by atoms with Crippen molar-refractivity contribution >= 4 is 5.84 Å². The molecule has 0 saturated heterocycles. The van der Waals surface area contributed by atoms with Crippen molar-refractivity contribution in [2.24, 2.45) is 16.6 Å². The highest BCUT2D eigenvalue weighted by Gasteiger charge is 2.27. The summed E-state index contributed by atoms with van der Waals surface area (Å²) in [6.45, 7) is -1.04. The summed E-state index contributed by atoms with van der Waals surface area (Å²) in [5.41, 5.74) is 5.72. The van der Waals surface area contributed by atoms with E-state index in [1.807, 2.05) is 0 Å². The molecule has 1 fully saturated rings. The predicted molar refractivity (Wildman–Crippen MR) is 55.3 cm³/mol. The topological polar surface area (TPSA) is 47.6 Å². The van der Waals surface area contributed by atoms with Crippen molar-refractivity contribution in [3.8, 4) is 0 Å². The first-order chi connectivity index (χ1) is 7.49. The number of nitrogens with two attached hydrogens (primary N) is 1. The van der Waals surface area contributed by atoms with Crippen molar-refractivity contribution in [1.82, 2.24) is 0 Å². The fourth-order valence-electron chi connectivity index (χ4n) is 1.78. The van der Waals surface area contributed by atoms with E-state index < -0.39 is 12.8 Å². The second kappa shape index (κ2) is 6.08. The molecule has 6 heteroatoms. The first kappa shape index (κ1) is 13.3. The van der Waals surface area contributed by atoms with Crippen LogP contribution in [-0.2, 0) is 4.74 Å². The molecular formula is C10H17F3N2O. The molecule has 0 aromatic heterocycles. The average Bonchev–Trinajstić information content (AvgIpc) is 2.67. The van der Waals surface area contributed by atoms with E-state index in [1.165, 1.54) is 0 Å². The molecule has 1 aliphatic rings. The smallest absolute Gasteiger partial charge is 0.387 e. The second-order valence-corrected chi connectivity index (χ2v) is 3.96. The Bertz CT molecular complexity index is 235.